The molecule has 0 bridgehead atoms. The summed E-state index contributed by atoms with van der Waals surface area (Å²) in [4.78, 5) is 17.0. The molecule has 7 nitrogen and oxygen atoms in total. The highest BCUT2D eigenvalue weighted by molar-refractivity contribution is 7.92. The third-order valence-electron chi connectivity index (χ3n) is 4.61. The van der Waals surface area contributed by atoms with Gasteiger partial charge in [0.25, 0.3) is 15.9 Å². The summed E-state index contributed by atoms with van der Waals surface area (Å²) in [5.41, 5.74) is 3.84. The fourth-order valence-electron chi connectivity index (χ4n) is 3.01. The molecule has 0 radical (unpaired) electrons. The Morgan fingerprint density at radius 3 is 2.42 bits per heavy atom. The molecule has 4 aromatic rings. The number of fused-ring (bicyclic) bond motifs is 1. The number of halogens is 2. The second-order valence-electron chi connectivity index (χ2n) is 6.87. The van der Waals surface area contributed by atoms with Crippen LogP contribution in [0, 0.1) is 0 Å². The van der Waals surface area contributed by atoms with E-state index >= 15 is 0 Å². The molecular weight excluding hydrogens is 483 g/mol. The Balaban J connectivity index is 1.53. The predicted octanol–water partition coefficient (Wildman–Crippen LogP) is 5.11. The summed E-state index contributed by atoms with van der Waals surface area (Å²) in [7, 11) is -3.93. The van der Waals surface area contributed by atoms with Gasteiger partial charge in [-0.1, -0.05) is 53.5 Å². The van der Waals surface area contributed by atoms with Gasteiger partial charge in [-0.05, 0) is 48.5 Å². The van der Waals surface area contributed by atoms with E-state index in [1.807, 2.05) is 24.3 Å². The summed E-state index contributed by atoms with van der Waals surface area (Å²) >= 11 is 12.0. The van der Waals surface area contributed by atoms with Gasteiger partial charge in [0.2, 0.25) is 0 Å². The number of sulfonamides is 1. The molecule has 0 atom stereocenters. The van der Waals surface area contributed by atoms with Crippen molar-refractivity contribution in [3.63, 3.8) is 0 Å². The van der Waals surface area contributed by atoms with Crippen LogP contribution in [-0.4, -0.2) is 25.5 Å². The number of carbonyl (C=O) groups is 1. The van der Waals surface area contributed by atoms with Gasteiger partial charge in [-0.2, -0.15) is 5.10 Å². The topological polar surface area (TPSA) is 101 Å². The van der Waals surface area contributed by atoms with Gasteiger partial charge in [-0.25, -0.2) is 18.8 Å². The minimum atomic E-state index is -3.93. The van der Waals surface area contributed by atoms with E-state index in [-0.39, 0.29) is 21.3 Å². The highest BCUT2D eigenvalue weighted by atomic mass is 35.5. The van der Waals surface area contributed by atoms with Crippen molar-refractivity contribution in [2.24, 2.45) is 5.10 Å². The minimum Gasteiger partial charge on any atom is -0.279 e. The van der Waals surface area contributed by atoms with E-state index < -0.39 is 15.9 Å². The van der Waals surface area contributed by atoms with Crippen molar-refractivity contribution < 1.29 is 13.2 Å². The lowest BCUT2D eigenvalue weighted by molar-refractivity contribution is 0.0956. The number of pyridine rings is 1. The van der Waals surface area contributed by atoms with Gasteiger partial charge in [-0.15, -0.1) is 0 Å². The number of carbonyl (C=O) groups excluding carboxylic acids is 1. The van der Waals surface area contributed by atoms with Gasteiger partial charge < -0.3 is 0 Å². The Morgan fingerprint density at radius 1 is 0.939 bits per heavy atom. The molecule has 0 saturated carbocycles. The van der Waals surface area contributed by atoms with E-state index in [0.29, 0.717) is 10.6 Å². The van der Waals surface area contributed by atoms with Crippen molar-refractivity contribution in [3.8, 4) is 0 Å². The lowest BCUT2D eigenvalue weighted by Crippen LogP contribution is -2.21. The zero-order chi connectivity index (χ0) is 23.4. The van der Waals surface area contributed by atoms with E-state index in [2.05, 4.69) is 20.2 Å². The monoisotopic (exact) mass is 498 g/mol. The van der Waals surface area contributed by atoms with Crippen molar-refractivity contribution in [2.75, 3.05) is 4.72 Å². The summed E-state index contributed by atoms with van der Waals surface area (Å²) in [6, 6.07) is 21.1. The van der Waals surface area contributed by atoms with E-state index in [9.17, 15) is 13.2 Å². The van der Waals surface area contributed by atoms with Crippen molar-refractivity contribution in [1.29, 1.82) is 0 Å². The molecule has 1 aromatic heterocycles. The third-order valence-corrected chi connectivity index (χ3v) is 6.55. The van der Waals surface area contributed by atoms with E-state index in [1.165, 1.54) is 42.6 Å². The second-order valence-corrected chi connectivity index (χ2v) is 9.34. The average Bonchev–Trinajstić information content (AvgIpc) is 2.79. The lowest BCUT2D eigenvalue weighted by atomic mass is 10.2. The van der Waals surface area contributed by atoms with Gasteiger partial charge in [0, 0.05) is 16.0 Å². The Hall–Kier alpha value is -3.46. The quantitative estimate of drug-likeness (QED) is 0.219. The number of aromatic nitrogens is 1. The van der Waals surface area contributed by atoms with Crippen LogP contribution in [0.1, 0.15) is 15.9 Å². The number of para-hydroxylation sites is 2. The van der Waals surface area contributed by atoms with Crippen LogP contribution in [0.25, 0.3) is 10.9 Å². The third kappa shape index (κ3) is 5.31. The molecule has 0 fully saturated rings. The van der Waals surface area contributed by atoms with E-state index in [0.717, 1.165) is 10.9 Å². The number of anilines is 1. The molecule has 0 unspecified atom stereocenters. The molecule has 0 aliphatic carbocycles. The van der Waals surface area contributed by atoms with Gasteiger partial charge in [0.15, 0.2) is 0 Å². The first-order chi connectivity index (χ1) is 15.8. The number of benzene rings is 3. The van der Waals surface area contributed by atoms with Crippen molar-refractivity contribution in [3.05, 3.63) is 100 Å². The predicted molar refractivity (Wildman–Crippen MR) is 131 cm³/mol. The maximum atomic E-state index is 12.7. The van der Waals surface area contributed by atoms with Gasteiger partial charge in [0.1, 0.15) is 5.15 Å². The van der Waals surface area contributed by atoms with Crippen LogP contribution in [0.2, 0.25) is 10.2 Å². The zero-order valence-corrected chi connectivity index (χ0v) is 19.2. The minimum absolute atomic E-state index is 0.0126. The SMILES string of the molecule is O=C(N/N=C\c1cc2ccccc2nc1Cl)c1ccccc1NS(=O)(=O)c1ccc(Cl)cc1. The van der Waals surface area contributed by atoms with Crippen LogP contribution in [0.4, 0.5) is 5.69 Å². The van der Waals surface area contributed by atoms with Crippen molar-refractivity contribution in [1.82, 2.24) is 10.4 Å². The number of rotatable bonds is 6. The average molecular weight is 499 g/mol. The normalized spacial score (nSPS) is 11.6. The molecule has 0 saturated heterocycles. The fourth-order valence-corrected chi connectivity index (χ4v) is 4.41. The molecule has 1 heterocycles. The lowest BCUT2D eigenvalue weighted by Gasteiger charge is -2.12. The first kappa shape index (κ1) is 22.7. The zero-order valence-electron chi connectivity index (χ0n) is 16.9. The highest BCUT2D eigenvalue weighted by Gasteiger charge is 2.18. The molecule has 166 valence electrons. The van der Waals surface area contributed by atoms with Crippen LogP contribution in [0.5, 0.6) is 0 Å². The fraction of sp³-hybridized carbons (Fsp3) is 0. The van der Waals surface area contributed by atoms with Crippen LogP contribution in [0.15, 0.2) is 88.9 Å². The standard InChI is InChI=1S/C23H16Cl2N4O3S/c24-17-9-11-18(12-10-17)33(31,32)29-21-8-4-2-6-19(21)23(30)28-26-14-16-13-15-5-1-3-7-20(15)27-22(16)25/h1-14,29H,(H,28,30)/b26-14-. The molecule has 0 spiro atoms. The number of nitrogens with one attached hydrogen (secondary N) is 2. The largest absolute Gasteiger partial charge is 0.279 e. The molecule has 10 heteroatoms. The first-order valence-corrected chi connectivity index (χ1v) is 11.8. The first-order valence-electron chi connectivity index (χ1n) is 9.59. The number of hydrogen-bond donors (Lipinski definition) is 2. The molecule has 1 amide bonds. The van der Waals surface area contributed by atoms with Gasteiger partial charge in [0.05, 0.1) is 27.9 Å². The molecule has 33 heavy (non-hydrogen) atoms. The van der Waals surface area contributed by atoms with Crippen molar-refractivity contribution in [2.45, 2.75) is 4.90 Å². The van der Waals surface area contributed by atoms with Gasteiger partial charge >= 0.3 is 0 Å². The van der Waals surface area contributed by atoms with E-state index in [4.69, 9.17) is 23.2 Å². The molecule has 3 aromatic carbocycles. The highest BCUT2D eigenvalue weighted by Crippen LogP contribution is 2.22. The van der Waals surface area contributed by atoms with Crippen LogP contribution in [0.3, 0.4) is 0 Å². The maximum absolute atomic E-state index is 12.7. The second kappa shape index (κ2) is 9.58. The summed E-state index contributed by atoms with van der Waals surface area (Å²) in [6.45, 7) is 0. The Labute approximate surface area is 200 Å². The molecule has 0 aliphatic heterocycles. The van der Waals surface area contributed by atoms with Crippen LogP contribution in [-0.2, 0) is 10.0 Å². The molecule has 2 N–H and O–H groups in total. The summed E-state index contributed by atoms with van der Waals surface area (Å²) in [6.07, 6.45) is 1.38. The Morgan fingerprint density at radius 2 is 1.64 bits per heavy atom. The number of nitrogens with zero attached hydrogens (tertiary/aromatic N) is 2. The van der Waals surface area contributed by atoms with Crippen molar-refractivity contribution >= 4 is 61.9 Å². The maximum Gasteiger partial charge on any atom is 0.273 e. The Kier molecular flexibility index (Phi) is 6.60. The summed E-state index contributed by atoms with van der Waals surface area (Å²) in [5, 5.41) is 5.47. The molecule has 0 aliphatic rings. The van der Waals surface area contributed by atoms with Gasteiger partial charge in [-0.3, -0.25) is 9.52 Å². The number of amides is 1. The summed E-state index contributed by atoms with van der Waals surface area (Å²) < 4.78 is 27.8. The Bertz CT molecular complexity index is 1470. The molecular formula is C23H16Cl2N4O3S. The summed E-state index contributed by atoms with van der Waals surface area (Å²) in [5.74, 6) is -0.606. The number of hydrogen-bond acceptors (Lipinski definition) is 5. The molecule has 4 rings (SSSR count). The van der Waals surface area contributed by atoms with E-state index in [1.54, 1.807) is 18.2 Å². The van der Waals surface area contributed by atoms with Crippen LogP contribution < -0.4 is 10.1 Å². The smallest absolute Gasteiger partial charge is 0.273 e. The number of hydrazone groups is 1. The van der Waals surface area contributed by atoms with Crippen LogP contribution >= 0.6 is 23.2 Å².